The molecule has 0 unspecified atom stereocenters. The maximum Gasteiger partial charge on any atom is 0.339 e. The minimum absolute atomic E-state index is 0.171. The molecule has 2 rings (SSSR count). The first-order chi connectivity index (χ1) is 9.61. The van der Waals surface area contributed by atoms with Crippen LogP contribution < -0.4 is 5.32 Å². The van der Waals surface area contributed by atoms with Crippen molar-refractivity contribution in [1.82, 2.24) is 4.90 Å². The topological polar surface area (TPSA) is 52.6 Å². The Morgan fingerprint density at radius 1 is 1.45 bits per heavy atom. The van der Waals surface area contributed by atoms with Crippen molar-refractivity contribution in [2.75, 3.05) is 25.0 Å². The van der Waals surface area contributed by atoms with E-state index in [0.717, 1.165) is 32.5 Å². The summed E-state index contributed by atoms with van der Waals surface area (Å²) < 4.78 is 0. The maximum absolute atomic E-state index is 11.3. The largest absolute Gasteiger partial charge is 0.478 e. The zero-order valence-corrected chi connectivity index (χ0v) is 12.5. The summed E-state index contributed by atoms with van der Waals surface area (Å²) in [6.07, 6.45) is 3.24. The quantitative estimate of drug-likeness (QED) is 0.875. The van der Waals surface area contributed by atoms with Crippen LogP contribution in [0.1, 0.15) is 36.5 Å². The lowest BCUT2D eigenvalue weighted by Crippen LogP contribution is -2.39. The molecule has 1 aliphatic rings. The van der Waals surface area contributed by atoms with Crippen molar-refractivity contribution in [2.24, 2.45) is 0 Å². The van der Waals surface area contributed by atoms with Crippen LogP contribution in [-0.2, 0) is 0 Å². The second-order valence-electron chi connectivity index (χ2n) is 5.23. The summed E-state index contributed by atoms with van der Waals surface area (Å²) in [5.74, 6) is -0.985. The fourth-order valence-electron chi connectivity index (χ4n) is 2.70. The van der Waals surface area contributed by atoms with Gasteiger partial charge in [-0.25, -0.2) is 4.79 Å². The molecule has 0 spiro atoms. The number of rotatable bonds is 5. The highest BCUT2D eigenvalue weighted by Gasteiger charge is 2.21. The van der Waals surface area contributed by atoms with Gasteiger partial charge in [-0.1, -0.05) is 24.6 Å². The first-order valence-electron chi connectivity index (χ1n) is 7.12. The van der Waals surface area contributed by atoms with Gasteiger partial charge in [0.1, 0.15) is 5.56 Å². The minimum Gasteiger partial charge on any atom is -0.478 e. The number of likely N-dealkylation sites (tertiary alicyclic amines) is 1. The molecule has 0 radical (unpaired) electrons. The third-order valence-corrected chi connectivity index (χ3v) is 4.03. The molecule has 110 valence electrons. The molecule has 1 aromatic carbocycles. The number of piperidine rings is 1. The van der Waals surface area contributed by atoms with E-state index < -0.39 is 5.97 Å². The summed E-state index contributed by atoms with van der Waals surface area (Å²) in [5, 5.41) is 12.9. The molecule has 1 heterocycles. The molecule has 0 amide bonds. The van der Waals surface area contributed by atoms with E-state index in [-0.39, 0.29) is 10.6 Å². The van der Waals surface area contributed by atoms with Crippen molar-refractivity contribution < 1.29 is 9.90 Å². The average molecular weight is 297 g/mol. The van der Waals surface area contributed by atoms with Crippen molar-refractivity contribution >= 4 is 23.3 Å². The molecule has 0 aliphatic carbocycles. The lowest BCUT2D eigenvalue weighted by molar-refractivity contribution is 0.0698. The lowest BCUT2D eigenvalue weighted by atomic mass is 10.0. The van der Waals surface area contributed by atoms with Crippen LogP contribution in [-0.4, -0.2) is 41.7 Å². The number of benzene rings is 1. The minimum atomic E-state index is -0.985. The summed E-state index contributed by atoms with van der Waals surface area (Å²) >= 11 is 5.98. The summed E-state index contributed by atoms with van der Waals surface area (Å²) in [6, 6.07) is 5.50. The van der Waals surface area contributed by atoms with Gasteiger partial charge in [-0.2, -0.15) is 0 Å². The van der Waals surface area contributed by atoms with Gasteiger partial charge in [-0.3, -0.25) is 0 Å². The highest BCUT2D eigenvalue weighted by Crippen LogP contribution is 2.26. The van der Waals surface area contributed by atoms with Crippen LogP contribution in [0.25, 0.3) is 0 Å². The van der Waals surface area contributed by atoms with Crippen LogP contribution in [0.5, 0.6) is 0 Å². The van der Waals surface area contributed by atoms with Gasteiger partial charge in [0.25, 0.3) is 0 Å². The Labute approximate surface area is 124 Å². The number of nitrogens with zero attached hydrogens (tertiary/aromatic N) is 1. The summed E-state index contributed by atoms with van der Waals surface area (Å²) in [6.45, 7) is 5.46. The third-order valence-electron chi connectivity index (χ3n) is 3.71. The summed E-state index contributed by atoms with van der Waals surface area (Å²) in [7, 11) is 0. The number of carboxylic acid groups (broad SMARTS) is 1. The van der Waals surface area contributed by atoms with E-state index in [0.29, 0.717) is 11.7 Å². The average Bonchev–Trinajstić information content (AvgIpc) is 2.41. The van der Waals surface area contributed by atoms with E-state index in [1.165, 1.54) is 6.42 Å². The Morgan fingerprint density at radius 3 is 2.75 bits per heavy atom. The Bertz CT molecular complexity index is 471. The number of halogens is 1. The first-order valence-corrected chi connectivity index (χ1v) is 7.50. The summed E-state index contributed by atoms with van der Waals surface area (Å²) in [5.41, 5.74) is 0.795. The zero-order chi connectivity index (χ0) is 14.5. The number of carbonyl (C=O) groups is 1. The maximum atomic E-state index is 11.3. The molecule has 0 aromatic heterocycles. The number of hydrogen-bond acceptors (Lipinski definition) is 3. The van der Waals surface area contributed by atoms with Crippen molar-refractivity contribution in [1.29, 1.82) is 0 Å². The van der Waals surface area contributed by atoms with E-state index in [1.807, 2.05) is 0 Å². The molecule has 5 heteroatoms. The van der Waals surface area contributed by atoms with Gasteiger partial charge in [0.15, 0.2) is 0 Å². The molecular formula is C15H21ClN2O2. The SMILES string of the molecule is CCCN1CCC(Nc2cccc(Cl)c2C(=O)O)CC1. The predicted octanol–water partition coefficient (Wildman–Crippen LogP) is 3.32. The van der Waals surface area contributed by atoms with Gasteiger partial charge >= 0.3 is 5.97 Å². The normalized spacial score (nSPS) is 17.1. The molecule has 1 aromatic rings. The van der Waals surface area contributed by atoms with Crippen molar-refractivity contribution in [3.63, 3.8) is 0 Å². The van der Waals surface area contributed by atoms with Crippen molar-refractivity contribution in [2.45, 2.75) is 32.2 Å². The van der Waals surface area contributed by atoms with E-state index in [1.54, 1.807) is 18.2 Å². The Morgan fingerprint density at radius 2 is 2.15 bits per heavy atom. The molecule has 4 nitrogen and oxygen atoms in total. The van der Waals surface area contributed by atoms with Crippen LogP contribution >= 0.6 is 11.6 Å². The first kappa shape index (κ1) is 15.1. The highest BCUT2D eigenvalue weighted by molar-refractivity contribution is 6.34. The van der Waals surface area contributed by atoms with Crippen molar-refractivity contribution in [3.05, 3.63) is 28.8 Å². The fraction of sp³-hybridized carbons (Fsp3) is 0.533. The zero-order valence-electron chi connectivity index (χ0n) is 11.7. The molecule has 1 fully saturated rings. The number of hydrogen-bond donors (Lipinski definition) is 2. The van der Waals surface area contributed by atoms with Gasteiger partial charge in [-0.15, -0.1) is 0 Å². The predicted molar refractivity (Wildman–Crippen MR) is 81.8 cm³/mol. The van der Waals surface area contributed by atoms with E-state index >= 15 is 0 Å². The Hall–Kier alpha value is -1.26. The van der Waals surface area contributed by atoms with E-state index in [2.05, 4.69) is 17.1 Å². The number of nitrogens with one attached hydrogen (secondary N) is 1. The van der Waals surface area contributed by atoms with Gasteiger partial charge in [-0.05, 0) is 37.9 Å². The van der Waals surface area contributed by atoms with Gasteiger partial charge in [0, 0.05) is 19.1 Å². The Kier molecular flexibility index (Phi) is 5.26. The van der Waals surface area contributed by atoms with Gasteiger partial charge < -0.3 is 15.3 Å². The molecular weight excluding hydrogens is 276 g/mol. The van der Waals surface area contributed by atoms with Crippen LogP contribution in [0.3, 0.4) is 0 Å². The second-order valence-corrected chi connectivity index (χ2v) is 5.64. The number of anilines is 1. The molecule has 2 N–H and O–H groups in total. The highest BCUT2D eigenvalue weighted by atomic mass is 35.5. The smallest absolute Gasteiger partial charge is 0.339 e. The Balaban J connectivity index is 2.01. The third kappa shape index (κ3) is 3.64. The molecule has 1 saturated heterocycles. The van der Waals surface area contributed by atoms with E-state index in [9.17, 15) is 9.90 Å². The monoisotopic (exact) mass is 296 g/mol. The van der Waals surface area contributed by atoms with Crippen LogP contribution in [0, 0.1) is 0 Å². The molecule has 1 aliphatic heterocycles. The van der Waals surface area contributed by atoms with E-state index in [4.69, 9.17) is 11.6 Å². The number of carboxylic acids is 1. The molecule has 0 saturated carbocycles. The fourth-order valence-corrected chi connectivity index (χ4v) is 2.95. The molecule has 0 bridgehead atoms. The lowest BCUT2D eigenvalue weighted by Gasteiger charge is -2.32. The number of aromatic carboxylic acids is 1. The van der Waals surface area contributed by atoms with Crippen LogP contribution in [0.4, 0.5) is 5.69 Å². The molecule has 0 atom stereocenters. The second kappa shape index (κ2) is 6.95. The standard InChI is InChI=1S/C15H21ClN2O2/c1-2-8-18-9-6-11(7-10-18)17-13-5-3-4-12(16)14(13)15(19)20/h3-5,11,17H,2,6-10H2,1H3,(H,19,20). The van der Waals surface area contributed by atoms with Gasteiger partial charge in [0.05, 0.1) is 10.7 Å². The molecule has 20 heavy (non-hydrogen) atoms. The van der Waals surface area contributed by atoms with Gasteiger partial charge in [0.2, 0.25) is 0 Å². The summed E-state index contributed by atoms with van der Waals surface area (Å²) in [4.78, 5) is 13.7. The van der Waals surface area contributed by atoms with Crippen molar-refractivity contribution in [3.8, 4) is 0 Å². The van der Waals surface area contributed by atoms with Crippen LogP contribution in [0.2, 0.25) is 5.02 Å². The van der Waals surface area contributed by atoms with Crippen LogP contribution in [0.15, 0.2) is 18.2 Å².